The van der Waals surface area contributed by atoms with Crippen molar-refractivity contribution >= 4 is 0 Å². The number of aliphatic hydroxyl groups is 1. The first-order valence-electron chi connectivity index (χ1n) is 7.19. The van der Waals surface area contributed by atoms with Crippen molar-refractivity contribution < 1.29 is 5.11 Å². The van der Waals surface area contributed by atoms with E-state index in [1.165, 1.54) is 42.4 Å². The van der Waals surface area contributed by atoms with Gasteiger partial charge >= 0.3 is 0 Å². The van der Waals surface area contributed by atoms with Gasteiger partial charge in [0.05, 0.1) is 6.61 Å². The molecular formula is C16H23NO. The Hall–Kier alpha value is -0.860. The molecule has 2 heteroatoms. The van der Waals surface area contributed by atoms with Gasteiger partial charge in [0.1, 0.15) is 0 Å². The molecule has 1 atom stereocenters. The molecule has 0 heterocycles. The minimum absolute atomic E-state index is 0.0849. The third-order valence-electron chi connectivity index (χ3n) is 5.02. The van der Waals surface area contributed by atoms with E-state index < -0.39 is 0 Å². The molecule has 1 aromatic carbocycles. The molecule has 0 aromatic heterocycles. The highest BCUT2D eigenvalue weighted by molar-refractivity contribution is 5.37. The van der Waals surface area contributed by atoms with Gasteiger partial charge in [-0.15, -0.1) is 0 Å². The van der Waals surface area contributed by atoms with Crippen LogP contribution in [0.25, 0.3) is 0 Å². The first-order valence-corrected chi connectivity index (χ1v) is 7.19. The summed E-state index contributed by atoms with van der Waals surface area (Å²) in [7, 11) is 2.02. The van der Waals surface area contributed by atoms with Crippen LogP contribution in [0, 0.1) is 5.41 Å². The molecule has 98 valence electrons. The van der Waals surface area contributed by atoms with Gasteiger partial charge in [-0.25, -0.2) is 0 Å². The Labute approximate surface area is 109 Å². The van der Waals surface area contributed by atoms with Gasteiger partial charge in [0.15, 0.2) is 0 Å². The molecule has 0 aliphatic heterocycles. The molecule has 0 spiro atoms. The smallest absolute Gasteiger partial charge is 0.0505 e. The summed E-state index contributed by atoms with van der Waals surface area (Å²) in [4.78, 5) is 0. The lowest BCUT2D eigenvalue weighted by Gasteiger charge is -2.46. The molecule has 0 amide bonds. The van der Waals surface area contributed by atoms with Gasteiger partial charge < -0.3 is 10.4 Å². The van der Waals surface area contributed by atoms with Crippen molar-refractivity contribution in [3.8, 4) is 0 Å². The van der Waals surface area contributed by atoms with Crippen molar-refractivity contribution in [2.45, 2.75) is 44.6 Å². The van der Waals surface area contributed by atoms with Crippen LogP contribution in [0.15, 0.2) is 18.2 Å². The SMILES string of the molecule is CNC(c1ccc2c(c1)CCC2)C1(CO)CCC1. The number of rotatable bonds is 4. The van der Waals surface area contributed by atoms with Crippen molar-refractivity contribution in [1.82, 2.24) is 5.32 Å². The number of aliphatic hydroxyl groups excluding tert-OH is 1. The standard InChI is InChI=1S/C16H23NO/c1-17-15(16(11-18)8-3-9-16)14-7-6-12-4-2-5-13(12)10-14/h6-7,10,15,17-18H,2-5,8-9,11H2,1H3. The maximum Gasteiger partial charge on any atom is 0.0505 e. The summed E-state index contributed by atoms with van der Waals surface area (Å²) in [6, 6.07) is 7.24. The van der Waals surface area contributed by atoms with Gasteiger partial charge in [0.2, 0.25) is 0 Å². The number of hydrogen-bond acceptors (Lipinski definition) is 2. The van der Waals surface area contributed by atoms with Gasteiger partial charge in [-0.3, -0.25) is 0 Å². The van der Waals surface area contributed by atoms with E-state index in [0.717, 1.165) is 12.8 Å². The second kappa shape index (κ2) is 4.67. The predicted octanol–water partition coefficient (Wildman–Crippen LogP) is 2.60. The number of nitrogens with one attached hydrogen (secondary N) is 1. The quantitative estimate of drug-likeness (QED) is 0.854. The van der Waals surface area contributed by atoms with Gasteiger partial charge in [-0.1, -0.05) is 24.6 Å². The van der Waals surface area contributed by atoms with E-state index in [1.807, 2.05) is 7.05 Å². The van der Waals surface area contributed by atoms with Crippen LogP contribution < -0.4 is 5.32 Å². The van der Waals surface area contributed by atoms with E-state index in [2.05, 4.69) is 23.5 Å². The maximum atomic E-state index is 9.75. The molecule has 0 radical (unpaired) electrons. The molecule has 0 bridgehead atoms. The highest BCUT2D eigenvalue weighted by atomic mass is 16.3. The van der Waals surface area contributed by atoms with Crippen LogP contribution in [0.1, 0.15) is 48.4 Å². The van der Waals surface area contributed by atoms with Crippen LogP contribution in [0.2, 0.25) is 0 Å². The number of aryl methyl sites for hydroxylation is 2. The lowest BCUT2D eigenvalue weighted by atomic mass is 9.63. The Bertz CT molecular complexity index is 431. The third-order valence-corrected chi connectivity index (χ3v) is 5.02. The summed E-state index contributed by atoms with van der Waals surface area (Å²) in [5, 5.41) is 13.2. The fourth-order valence-corrected chi connectivity index (χ4v) is 3.77. The zero-order chi connectivity index (χ0) is 12.6. The Kier molecular flexibility index (Phi) is 3.16. The fourth-order valence-electron chi connectivity index (χ4n) is 3.77. The van der Waals surface area contributed by atoms with Crippen molar-refractivity contribution in [2.24, 2.45) is 5.41 Å². The summed E-state index contributed by atoms with van der Waals surface area (Å²) in [6.45, 7) is 0.301. The molecule has 1 saturated carbocycles. The molecule has 1 aromatic rings. The molecule has 2 aliphatic carbocycles. The predicted molar refractivity (Wildman–Crippen MR) is 73.6 cm³/mol. The summed E-state index contributed by atoms with van der Waals surface area (Å²) in [6.07, 6.45) is 7.31. The van der Waals surface area contributed by atoms with Crippen molar-refractivity contribution in [3.63, 3.8) is 0 Å². The largest absolute Gasteiger partial charge is 0.396 e. The molecule has 2 nitrogen and oxygen atoms in total. The van der Waals surface area contributed by atoms with Gasteiger partial charge in [-0.05, 0) is 55.8 Å². The highest BCUT2D eigenvalue weighted by Gasteiger charge is 2.43. The van der Waals surface area contributed by atoms with Crippen LogP contribution in [-0.2, 0) is 12.8 Å². The Morgan fingerprint density at radius 1 is 1.22 bits per heavy atom. The third kappa shape index (κ3) is 1.79. The second-order valence-corrected chi connectivity index (χ2v) is 5.98. The average molecular weight is 245 g/mol. The van der Waals surface area contributed by atoms with Crippen LogP contribution in [0.3, 0.4) is 0 Å². The lowest BCUT2D eigenvalue weighted by molar-refractivity contribution is 0.00781. The molecule has 18 heavy (non-hydrogen) atoms. The van der Waals surface area contributed by atoms with E-state index in [0.29, 0.717) is 12.6 Å². The number of benzene rings is 1. The molecule has 0 saturated heterocycles. The summed E-state index contributed by atoms with van der Waals surface area (Å²) in [5.41, 5.74) is 4.51. The molecule has 2 N–H and O–H groups in total. The first-order chi connectivity index (χ1) is 8.79. The van der Waals surface area contributed by atoms with E-state index in [-0.39, 0.29) is 5.41 Å². The molecule has 1 fully saturated rings. The highest BCUT2D eigenvalue weighted by Crippen LogP contribution is 2.50. The zero-order valence-corrected chi connectivity index (χ0v) is 11.2. The van der Waals surface area contributed by atoms with E-state index in [1.54, 1.807) is 0 Å². The monoisotopic (exact) mass is 245 g/mol. The maximum absolute atomic E-state index is 9.75. The summed E-state index contributed by atoms with van der Waals surface area (Å²) >= 11 is 0. The van der Waals surface area contributed by atoms with Crippen molar-refractivity contribution in [2.75, 3.05) is 13.7 Å². The van der Waals surface area contributed by atoms with Crippen LogP contribution in [0.5, 0.6) is 0 Å². The molecule has 1 unspecified atom stereocenters. The fraction of sp³-hybridized carbons (Fsp3) is 0.625. The van der Waals surface area contributed by atoms with E-state index in [4.69, 9.17) is 0 Å². The Morgan fingerprint density at radius 3 is 2.61 bits per heavy atom. The van der Waals surface area contributed by atoms with Crippen LogP contribution in [-0.4, -0.2) is 18.8 Å². The Balaban J connectivity index is 1.92. The Morgan fingerprint density at radius 2 is 2.00 bits per heavy atom. The minimum Gasteiger partial charge on any atom is -0.396 e. The van der Waals surface area contributed by atoms with Crippen LogP contribution in [0.4, 0.5) is 0 Å². The number of fused-ring (bicyclic) bond motifs is 1. The molecule has 3 rings (SSSR count). The zero-order valence-electron chi connectivity index (χ0n) is 11.2. The molecular weight excluding hydrogens is 222 g/mol. The lowest BCUT2D eigenvalue weighted by Crippen LogP contribution is -2.44. The average Bonchev–Trinajstić information content (AvgIpc) is 2.80. The molecule has 2 aliphatic rings. The van der Waals surface area contributed by atoms with Gasteiger partial charge in [0, 0.05) is 11.5 Å². The number of hydrogen-bond donors (Lipinski definition) is 2. The van der Waals surface area contributed by atoms with E-state index >= 15 is 0 Å². The van der Waals surface area contributed by atoms with Gasteiger partial charge in [0.25, 0.3) is 0 Å². The normalized spacial score (nSPS) is 22.3. The topological polar surface area (TPSA) is 32.3 Å². The van der Waals surface area contributed by atoms with Crippen molar-refractivity contribution in [3.05, 3.63) is 34.9 Å². The minimum atomic E-state index is 0.0849. The second-order valence-electron chi connectivity index (χ2n) is 5.98. The summed E-state index contributed by atoms with van der Waals surface area (Å²) in [5.74, 6) is 0. The summed E-state index contributed by atoms with van der Waals surface area (Å²) < 4.78 is 0. The van der Waals surface area contributed by atoms with E-state index in [9.17, 15) is 5.11 Å². The first kappa shape index (κ1) is 12.2. The van der Waals surface area contributed by atoms with Crippen LogP contribution >= 0.6 is 0 Å². The van der Waals surface area contributed by atoms with Gasteiger partial charge in [-0.2, -0.15) is 0 Å². The van der Waals surface area contributed by atoms with Crippen molar-refractivity contribution in [1.29, 1.82) is 0 Å².